The number of nitriles is 1. The van der Waals surface area contributed by atoms with Crippen LogP contribution >= 0.6 is 0 Å². The molecule has 0 radical (unpaired) electrons. The summed E-state index contributed by atoms with van der Waals surface area (Å²) in [5, 5.41) is 21.6. The van der Waals surface area contributed by atoms with Gasteiger partial charge in [-0.05, 0) is 31.9 Å². The smallest absolute Gasteiger partial charge is 0.163 e. The highest BCUT2D eigenvalue weighted by molar-refractivity contribution is 5.54. The zero-order chi connectivity index (χ0) is 10.9. The zero-order valence-corrected chi connectivity index (χ0v) is 8.57. The standard InChI is InChI=1S/C11H13N3O/c1-11(15)5-8(6-11)14-9-3-2-4-13-10(9)7-12/h2-4,8,14-15H,5-6H2,1H3. The first kappa shape index (κ1) is 9.94. The van der Waals surface area contributed by atoms with E-state index in [-0.39, 0.29) is 6.04 Å². The Morgan fingerprint density at radius 3 is 3.00 bits per heavy atom. The zero-order valence-electron chi connectivity index (χ0n) is 8.57. The van der Waals surface area contributed by atoms with Crippen LogP contribution in [0.25, 0.3) is 0 Å². The molecular formula is C11H13N3O. The number of hydrogen-bond donors (Lipinski definition) is 2. The maximum absolute atomic E-state index is 9.57. The molecule has 2 rings (SSSR count). The van der Waals surface area contributed by atoms with Crippen LogP contribution < -0.4 is 5.32 Å². The second-order valence-electron chi connectivity index (χ2n) is 4.26. The lowest BCUT2D eigenvalue weighted by Gasteiger charge is -2.41. The summed E-state index contributed by atoms with van der Waals surface area (Å²) in [6.07, 6.45) is 3.03. The largest absolute Gasteiger partial charge is 0.390 e. The van der Waals surface area contributed by atoms with Crippen molar-refractivity contribution in [2.75, 3.05) is 5.32 Å². The van der Waals surface area contributed by atoms with E-state index < -0.39 is 5.60 Å². The van der Waals surface area contributed by atoms with Crippen molar-refractivity contribution in [3.63, 3.8) is 0 Å². The summed E-state index contributed by atoms with van der Waals surface area (Å²) in [7, 11) is 0. The monoisotopic (exact) mass is 203 g/mol. The summed E-state index contributed by atoms with van der Waals surface area (Å²) in [5.41, 5.74) is 0.608. The summed E-state index contributed by atoms with van der Waals surface area (Å²) in [4.78, 5) is 3.96. The van der Waals surface area contributed by atoms with Crippen LogP contribution in [0.1, 0.15) is 25.5 Å². The maximum Gasteiger partial charge on any atom is 0.163 e. The van der Waals surface area contributed by atoms with Gasteiger partial charge >= 0.3 is 0 Å². The SMILES string of the molecule is CC1(O)CC(Nc2cccnc2C#N)C1. The van der Waals surface area contributed by atoms with Crippen molar-refractivity contribution < 1.29 is 5.11 Å². The number of nitrogens with zero attached hydrogens (tertiary/aromatic N) is 2. The molecule has 4 heteroatoms. The van der Waals surface area contributed by atoms with Crippen LogP contribution in [0.3, 0.4) is 0 Å². The minimum atomic E-state index is -0.549. The van der Waals surface area contributed by atoms with Crippen molar-refractivity contribution in [3.8, 4) is 6.07 Å². The molecule has 78 valence electrons. The third-order valence-electron chi connectivity index (χ3n) is 2.65. The van der Waals surface area contributed by atoms with E-state index in [2.05, 4.69) is 10.3 Å². The van der Waals surface area contributed by atoms with Crippen LogP contribution in [0.5, 0.6) is 0 Å². The predicted molar refractivity (Wildman–Crippen MR) is 56.2 cm³/mol. The van der Waals surface area contributed by atoms with Crippen LogP contribution in [0, 0.1) is 11.3 Å². The Morgan fingerprint density at radius 2 is 2.40 bits per heavy atom. The van der Waals surface area contributed by atoms with E-state index >= 15 is 0 Å². The molecule has 15 heavy (non-hydrogen) atoms. The van der Waals surface area contributed by atoms with Crippen molar-refractivity contribution >= 4 is 5.69 Å². The number of aromatic nitrogens is 1. The number of nitrogens with one attached hydrogen (secondary N) is 1. The van der Waals surface area contributed by atoms with Gasteiger partial charge in [-0.15, -0.1) is 0 Å². The topological polar surface area (TPSA) is 68.9 Å². The molecule has 1 aliphatic rings. The van der Waals surface area contributed by atoms with Crippen molar-refractivity contribution in [1.29, 1.82) is 5.26 Å². The molecule has 0 amide bonds. The highest BCUT2D eigenvalue weighted by Crippen LogP contribution is 2.33. The van der Waals surface area contributed by atoms with Crippen molar-refractivity contribution in [2.24, 2.45) is 0 Å². The fourth-order valence-electron chi connectivity index (χ4n) is 1.93. The number of rotatable bonds is 2. The molecule has 2 N–H and O–H groups in total. The first-order valence-corrected chi connectivity index (χ1v) is 4.95. The molecule has 1 saturated carbocycles. The molecular weight excluding hydrogens is 190 g/mol. The predicted octanol–water partition coefficient (Wildman–Crippen LogP) is 1.28. The number of anilines is 1. The van der Waals surface area contributed by atoms with Gasteiger partial charge < -0.3 is 10.4 Å². The van der Waals surface area contributed by atoms with Crippen LogP contribution in [0.15, 0.2) is 18.3 Å². The summed E-state index contributed by atoms with van der Waals surface area (Å²) in [6, 6.07) is 5.90. The summed E-state index contributed by atoms with van der Waals surface area (Å²) >= 11 is 0. The van der Waals surface area contributed by atoms with E-state index in [4.69, 9.17) is 5.26 Å². The van der Waals surface area contributed by atoms with Gasteiger partial charge in [0, 0.05) is 12.2 Å². The van der Waals surface area contributed by atoms with Gasteiger partial charge in [-0.1, -0.05) is 0 Å². The average Bonchev–Trinajstić information content (AvgIpc) is 2.16. The van der Waals surface area contributed by atoms with Gasteiger partial charge in [0.25, 0.3) is 0 Å². The molecule has 0 saturated heterocycles. The second-order valence-corrected chi connectivity index (χ2v) is 4.26. The second kappa shape index (κ2) is 3.52. The van der Waals surface area contributed by atoms with Gasteiger partial charge in [0.1, 0.15) is 6.07 Å². The maximum atomic E-state index is 9.57. The molecule has 0 aromatic carbocycles. The van der Waals surface area contributed by atoms with Crippen LogP contribution in [-0.2, 0) is 0 Å². The molecule has 1 aromatic heterocycles. The molecule has 0 unspecified atom stereocenters. The van der Waals surface area contributed by atoms with Crippen LogP contribution in [0.2, 0.25) is 0 Å². The Bertz CT molecular complexity index is 401. The first-order chi connectivity index (χ1) is 7.11. The minimum Gasteiger partial charge on any atom is -0.390 e. The van der Waals surface area contributed by atoms with Crippen LogP contribution in [-0.4, -0.2) is 21.7 Å². The Morgan fingerprint density at radius 1 is 1.67 bits per heavy atom. The summed E-state index contributed by atoms with van der Waals surface area (Å²) < 4.78 is 0. The molecule has 0 aliphatic heterocycles. The summed E-state index contributed by atoms with van der Waals surface area (Å²) in [6.45, 7) is 1.82. The van der Waals surface area contributed by atoms with Crippen molar-refractivity contribution in [2.45, 2.75) is 31.4 Å². The van der Waals surface area contributed by atoms with Crippen LogP contribution in [0.4, 0.5) is 5.69 Å². The first-order valence-electron chi connectivity index (χ1n) is 4.95. The Hall–Kier alpha value is -1.60. The van der Waals surface area contributed by atoms with Gasteiger partial charge in [-0.2, -0.15) is 5.26 Å². The van der Waals surface area contributed by atoms with E-state index in [0.717, 1.165) is 5.69 Å². The molecule has 0 spiro atoms. The fourth-order valence-corrected chi connectivity index (χ4v) is 1.93. The third-order valence-corrected chi connectivity index (χ3v) is 2.65. The fraction of sp³-hybridized carbons (Fsp3) is 0.455. The summed E-state index contributed by atoms with van der Waals surface area (Å²) in [5.74, 6) is 0. The number of pyridine rings is 1. The van der Waals surface area contributed by atoms with Gasteiger partial charge in [0.2, 0.25) is 0 Å². The van der Waals surface area contributed by atoms with Crippen molar-refractivity contribution in [3.05, 3.63) is 24.0 Å². The number of aliphatic hydroxyl groups is 1. The Labute approximate surface area is 88.6 Å². The minimum absolute atomic E-state index is 0.247. The average molecular weight is 203 g/mol. The van der Waals surface area contributed by atoms with E-state index in [9.17, 15) is 5.11 Å². The van der Waals surface area contributed by atoms with Gasteiger partial charge in [-0.3, -0.25) is 0 Å². The van der Waals surface area contributed by atoms with E-state index in [0.29, 0.717) is 18.5 Å². The molecule has 1 aliphatic carbocycles. The Balaban J connectivity index is 2.04. The molecule has 1 fully saturated rings. The van der Waals surface area contributed by atoms with E-state index in [1.165, 1.54) is 0 Å². The van der Waals surface area contributed by atoms with Gasteiger partial charge in [0.05, 0.1) is 11.3 Å². The lowest BCUT2D eigenvalue weighted by molar-refractivity contribution is -0.0234. The number of hydrogen-bond acceptors (Lipinski definition) is 4. The highest BCUT2D eigenvalue weighted by atomic mass is 16.3. The molecule has 0 atom stereocenters. The molecule has 1 heterocycles. The molecule has 1 aromatic rings. The highest BCUT2D eigenvalue weighted by Gasteiger charge is 2.38. The van der Waals surface area contributed by atoms with Crippen molar-refractivity contribution in [1.82, 2.24) is 4.98 Å². The lowest BCUT2D eigenvalue weighted by atomic mass is 9.77. The molecule has 0 bridgehead atoms. The third kappa shape index (κ3) is 2.08. The molecule has 4 nitrogen and oxygen atoms in total. The van der Waals surface area contributed by atoms with Gasteiger partial charge in [0.15, 0.2) is 5.69 Å². The van der Waals surface area contributed by atoms with E-state index in [1.807, 2.05) is 19.1 Å². The lowest BCUT2D eigenvalue weighted by Crippen LogP contribution is -2.48. The van der Waals surface area contributed by atoms with E-state index in [1.54, 1.807) is 12.3 Å². The van der Waals surface area contributed by atoms with Gasteiger partial charge in [-0.25, -0.2) is 4.98 Å². The Kier molecular flexibility index (Phi) is 2.33. The quantitative estimate of drug-likeness (QED) is 0.759. The normalized spacial score (nSPS) is 29.0.